The predicted molar refractivity (Wildman–Crippen MR) is 134 cm³/mol. The fourth-order valence-electron chi connectivity index (χ4n) is 4.61. The summed E-state index contributed by atoms with van der Waals surface area (Å²) in [7, 11) is 0. The number of rotatable bonds is 12. The Bertz CT molecular complexity index is 762. The number of piperidine rings is 2. The average molecular weight is 547 g/mol. The highest BCUT2D eigenvalue weighted by molar-refractivity contribution is 5.66. The normalized spacial score (nSPS) is 31.5. The Morgan fingerprint density at radius 3 is 2.08 bits per heavy atom. The van der Waals surface area contributed by atoms with Gasteiger partial charge in [0.05, 0.1) is 25.6 Å². The van der Waals surface area contributed by atoms with Crippen LogP contribution < -0.4 is 0 Å². The van der Waals surface area contributed by atoms with Crippen molar-refractivity contribution in [3.8, 4) is 0 Å². The number of aliphatic hydroxyl groups excluding tert-OH is 5. The van der Waals surface area contributed by atoms with Crippen LogP contribution in [-0.2, 0) is 23.7 Å². The highest BCUT2D eigenvalue weighted by Crippen LogP contribution is 2.26. The topological polar surface area (TPSA) is 186 Å². The molecule has 0 aliphatic carbocycles. The van der Waals surface area contributed by atoms with Crippen LogP contribution in [0.1, 0.15) is 45.4 Å². The lowest BCUT2D eigenvalue weighted by molar-refractivity contribution is -0.315. The first kappa shape index (κ1) is 30.6. The maximum Gasteiger partial charge on any atom is 0.303 e. The minimum absolute atomic E-state index is 0.590. The summed E-state index contributed by atoms with van der Waals surface area (Å²) in [5, 5.41) is 63.7. The Labute approximate surface area is 222 Å². The molecule has 0 bridgehead atoms. The lowest BCUT2D eigenvalue weighted by Gasteiger charge is -2.42. The molecular formula is C24H42N4O10. The van der Waals surface area contributed by atoms with Crippen molar-refractivity contribution in [2.45, 2.75) is 94.7 Å². The van der Waals surface area contributed by atoms with Crippen LogP contribution in [0.2, 0.25) is 0 Å². The quantitative estimate of drug-likeness (QED) is 0.107. The summed E-state index contributed by atoms with van der Waals surface area (Å²) in [6, 6.07) is 0. The zero-order valence-corrected chi connectivity index (χ0v) is 21.8. The molecule has 3 aliphatic heterocycles. The molecule has 3 fully saturated rings. The van der Waals surface area contributed by atoms with E-state index < -0.39 is 68.4 Å². The molecule has 38 heavy (non-hydrogen) atoms. The van der Waals surface area contributed by atoms with Gasteiger partial charge in [-0.3, -0.25) is 14.8 Å². The molecule has 0 radical (unpaired) electrons. The standard InChI is InChI=1S/C24H42N4O10/c1-16(31)35-23-21(33)19(15-30)38-24(22(23)34)37-17(12-25-27-8-4-2-5-9-27)18(14-29)36-20(32)13-26-28-10-6-3-7-11-28/h12-13,17-24,29-30,32-34H,2-11,14-15H2,1H3/b25-12+,26-13-/t17-,18-,19+,20-,21+,22+,23-,24+/m1/s1. The summed E-state index contributed by atoms with van der Waals surface area (Å²) in [5.41, 5.74) is 0. The third kappa shape index (κ3) is 9.09. The zero-order valence-electron chi connectivity index (χ0n) is 21.8. The minimum atomic E-state index is -1.63. The molecule has 0 aromatic heterocycles. The molecule has 0 saturated carbocycles. The maximum absolute atomic E-state index is 11.5. The number of aliphatic hydroxyl groups is 5. The molecular weight excluding hydrogens is 504 g/mol. The third-order valence-electron chi connectivity index (χ3n) is 6.68. The van der Waals surface area contributed by atoms with E-state index in [2.05, 4.69) is 10.2 Å². The van der Waals surface area contributed by atoms with Crippen molar-refractivity contribution in [2.75, 3.05) is 39.4 Å². The molecule has 3 aliphatic rings. The SMILES string of the molecule is CC(=O)O[C@H]1[C@H](O)[C@@H](O[C@H](/C=N/N2CCCCC2)[C@@H](CO)O[C@@H](O)/C=N\N2CCCCC2)O[C@@H](CO)[C@@H]1O. The Balaban J connectivity index is 1.75. The van der Waals surface area contributed by atoms with E-state index in [0.717, 1.165) is 71.6 Å². The fourth-order valence-corrected chi connectivity index (χ4v) is 4.61. The molecule has 14 heteroatoms. The van der Waals surface area contributed by atoms with Crippen LogP contribution in [0.5, 0.6) is 0 Å². The number of carbonyl (C=O) groups is 1. The summed E-state index contributed by atoms with van der Waals surface area (Å²) in [4.78, 5) is 11.5. The Kier molecular flexibility index (Phi) is 12.6. The van der Waals surface area contributed by atoms with Crippen molar-refractivity contribution in [1.29, 1.82) is 0 Å². The molecule has 5 N–H and O–H groups in total. The van der Waals surface area contributed by atoms with Crippen LogP contribution in [0.15, 0.2) is 10.2 Å². The number of ether oxygens (including phenoxy) is 4. The van der Waals surface area contributed by atoms with Crippen molar-refractivity contribution in [3.63, 3.8) is 0 Å². The van der Waals surface area contributed by atoms with Crippen molar-refractivity contribution in [2.24, 2.45) is 10.2 Å². The third-order valence-corrected chi connectivity index (χ3v) is 6.68. The second-order valence-corrected chi connectivity index (χ2v) is 9.69. The van der Waals surface area contributed by atoms with E-state index >= 15 is 0 Å². The van der Waals surface area contributed by atoms with E-state index in [1.54, 1.807) is 0 Å². The van der Waals surface area contributed by atoms with Gasteiger partial charge in [-0.2, -0.15) is 10.2 Å². The molecule has 0 spiro atoms. The average Bonchev–Trinajstić information content (AvgIpc) is 2.93. The molecule has 0 aromatic carbocycles. The molecule has 14 nitrogen and oxygen atoms in total. The minimum Gasteiger partial charge on any atom is -0.457 e. The summed E-state index contributed by atoms with van der Waals surface area (Å²) in [6.45, 7) is 2.91. The van der Waals surface area contributed by atoms with E-state index in [1.165, 1.54) is 12.4 Å². The largest absolute Gasteiger partial charge is 0.457 e. The van der Waals surface area contributed by atoms with Gasteiger partial charge in [-0.25, -0.2) is 0 Å². The number of hydrogen-bond donors (Lipinski definition) is 5. The van der Waals surface area contributed by atoms with Gasteiger partial charge in [0.15, 0.2) is 18.7 Å². The monoisotopic (exact) mass is 546 g/mol. The summed E-state index contributed by atoms with van der Waals surface area (Å²) in [6.07, 6.45) is -2.24. The van der Waals surface area contributed by atoms with Gasteiger partial charge in [-0.05, 0) is 38.5 Å². The molecule has 218 valence electrons. The van der Waals surface area contributed by atoms with Gasteiger partial charge in [0.1, 0.15) is 30.5 Å². The van der Waals surface area contributed by atoms with Crippen molar-refractivity contribution >= 4 is 18.4 Å². The van der Waals surface area contributed by atoms with Gasteiger partial charge < -0.3 is 44.5 Å². The number of nitrogens with zero attached hydrogens (tertiary/aromatic N) is 4. The molecule has 3 heterocycles. The highest BCUT2D eigenvalue weighted by atomic mass is 16.7. The van der Waals surface area contributed by atoms with Gasteiger partial charge in [-0.15, -0.1) is 0 Å². The first-order valence-corrected chi connectivity index (χ1v) is 13.3. The molecule has 3 saturated heterocycles. The predicted octanol–water partition coefficient (Wildman–Crippen LogP) is -1.62. The van der Waals surface area contributed by atoms with E-state index in [1.807, 2.05) is 10.0 Å². The Hall–Kier alpha value is -1.91. The van der Waals surface area contributed by atoms with Crippen LogP contribution in [0.4, 0.5) is 0 Å². The second kappa shape index (κ2) is 15.6. The smallest absolute Gasteiger partial charge is 0.303 e. The number of esters is 1. The summed E-state index contributed by atoms with van der Waals surface area (Å²) >= 11 is 0. The maximum atomic E-state index is 11.5. The molecule has 0 amide bonds. The zero-order chi connectivity index (χ0) is 27.5. The Morgan fingerprint density at radius 2 is 1.55 bits per heavy atom. The van der Waals surface area contributed by atoms with Gasteiger partial charge in [-0.1, -0.05) is 0 Å². The van der Waals surface area contributed by atoms with Crippen molar-refractivity contribution < 1.29 is 49.3 Å². The Morgan fingerprint density at radius 1 is 0.974 bits per heavy atom. The van der Waals surface area contributed by atoms with Crippen molar-refractivity contribution in [1.82, 2.24) is 10.0 Å². The van der Waals surface area contributed by atoms with E-state index in [4.69, 9.17) is 18.9 Å². The highest BCUT2D eigenvalue weighted by Gasteiger charge is 2.48. The lowest BCUT2D eigenvalue weighted by Crippen LogP contribution is -2.61. The van der Waals surface area contributed by atoms with Crippen molar-refractivity contribution in [3.05, 3.63) is 0 Å². The number of carbonyl (C=O) groups excluding carboxylic acids is 1. The number of hydrogen-bond acceptors (Lipinski definition) is 14. The molecule has 3 rings (SSSR count). The molecule has 8 atom stereocenters. The first-order chi connectivity index (χ1) is 18.3. The van der Waals surface area contributed by atoms with E-state index in [0.29, 0.717) is 0 Å². The van der Waals surface area contributed by atoms with Crippen LogP contribution in [0.3, 0.4) is 0 Å². The van der Waals surface area contributed by atoms with Crippen LogP contribution >= 0.6 is 0 Å². The van der Waals surface area contributed by atoms with Gasteiger partial charge in [0.25, 0.3) is 0 Å². The molecule has 0 aromatic rings. The van der Waals surface area contributed by atoms with E-state index in [-0.39, 0.29) is 0 Å². The first-order valence-electron chi connectivity index (χ1n) is 13.3. The van der Waals surface area contributed by atoms with Crippen LogP contribution in [0.25, 0.3) is 0 Å². The van der Waals surface area contributed by atoms with Gasteiger partial charge >= 0.3 is 5.97 Å². The summed E-state index contributed by atoms with van der Waals surface area (Å²) in [5.74, 6) is -0.749. The number of hydrazone groups is 2. The van der Waals surface area contributed by atoms with E-state index in [9.17, 15) is 30.3 Å². The molecule has 0 unspecified atom stereocenters. The summed E-state index contributed by atoms with van der Waals surface area (Å²) < 4.78 is 22.1. The fraction of sp³-hybridized carbons (Fsp3) is 0.875. The van der Waals surface area contributed by atoms with Crippen LogP contribution in [0, 0.1) is 0 Å². The second-order valence-electron chi connectivity index (χ2n) is 9.69. The van der Waals surface area contributed by atoms with Gasteiger partial charge in [0.2, 0.25) is 0 Å². The van der Waals surface area contributed by atoms with Crippen LogP contribution in [-0.4, -0.2) is 143 Å². The van der Waals surface area contributed by atoms with Gasteiger partial charge in [0, 0.05) is 33.1 Å². The lowest BCUT2D eigenvalue weighted by atomic mass is 9.99.